The summed E-state index contributed by atoms with van der Waals surface area (Å²) in [5.74, 6) is -0.477. The molecule has 0 aromatic carbocycles. The molecule has 3 N–H and O–H groups in total. The highest BCUT2D eigenvalue weighted by Crippen LogP contribution is 2.45. The first-order valence-corrected chi connectivity index (χ1v) is 52.0. The molecule has 0 aliphatic rings. The summed E-state index contributed by atoms with van der Waals surface area (Å²) in [5.41, 5.74) is 0. The van der Waals surface area contributed by atoms with Gasteiger partial charge in [0, 0.05) is 25.7 Å². The fourth-order valence-corrected chi connectivity index (χ4v) is 16.6. The van der Waals surface area contributed by atoms with E-state index in [1.807, 2.05) is 0 Å². The van der Waals surface area contributed by atoms with Crippen LogP contribution in [0.4, 0.5) is 0 Å². The summed E-state index contributed by atoms with van der Waals surface area (Å²) in [6, 6.07) is 0. The van der Waals surface area contributed by atoms with Gasteiger partial charge >= 0.3 is 39.5 Å². The van der Waals surface area contributed by atoms with Gasteiger partial charge in [-0.1, -0.05) is 465 Å². The van der Waals surface area contributed by atoms with Crippen LogP contribution in [0.5, 0.6) is 0 Å². The first-order chi connectivity index (χ1) is 55.4. The zero-order valence-electron chi connectivity index (χ0n) is 75.4. The van der Waals surface area contributed by atoms with Gasteiger partial charge in [0.15, 0.2) is 12.2 Å². The summed E-state index contributed by atoms with van der Waals surface area (Å²) in [6.45, 7) is 9.78. The summed E-state index contributed by atoms with van der Waals surface area (Å²) < 4.78 is 69.2. The molecule has 0 saturated carbocycles. The molecule has 0 aromatic heterocycles. The lowest BCUT2D eigenvalue weighted by Crippen LogP contribution is -2.30. The van der Waals surface area contributed by atoms with Crippen LogP contribution in [0.3, 0.4) is 0 Å². The van der Waals surface area contributed by atoms with Crippen LogP contribution in [0.2, 0.25) is 0 Å². The van der Waals surface area contributed by atoms with Gasteiger partial charge in [0.05, 0.1) is 26.4 Å². The van der Waals surface area contributed by atoms with E-state index < -0.39 is 97.5 Å². The summed E-state index contributed by atoms with van der Waals surface area (Å²) in [4.78, 5) is 73.6. The Morgan fingerprint density at radius 2 is 0.447 bits per heavy atom. The maximum absolute atomic E-state index is 13.2. The highest BCUT2D eigenvalue weighted by Gasteiger charge is 2.31. The average molecular weight is 1660 g/mol. The molecular weight excluding hydrogens is 1470 g/mol. The van der Waals surface area contributed by atoms with Gasteiger partial charge in [-0.3, -0.25) is 37.3 Å². The highest BCUT2D eigenvalue weighted by molar-refractivity contribution is 7.47. The second-order valence-electron chi connectivity index (χ2n) is 34.8. The molecule has 0 amide bonds. The topological polar surface area (TPSA) is 237 Å². The number of ether oxygens (including phenoxy) is 4. The molecular formula is C95H186O17P2. The molecule has 0 heterocycles. The van der Waals surface area contributed by atoms with Crippen molar-refractivity contribution in [1.82, 2.24) is 0 Å². The zero-order valence-corrected chi connectivity index (χ0v) is 77.2. The Labute approximate surface area is 702 Å². The van der Waals surface area contributed by atoms with Crippen molar-refractivity contribution in [3.8, 4) is 0 Å². The van der Waals surface area contributed by atoms with Crippen LogP contribution < -0.4 is 0 Å². The summed E-state index contributed by atoms with van der Waals surface area (Å²) in [6.07, 6.45) is 82.1. The Balaban J connectivity index is 5.24. The number of unbranched alkanes of at least 4 members (excludes halogenated alkanes) is 63. The van der Waals surface area contributed by atoms with Crippen molar-refractivity contribution in [2.75, 3.05) is 39.6 Å². The zero-order chi connectivity index (χ0) is 83.4. The number of carbonyl (C=O) groups is 4. The minimum absolute atomic E-state index is 0.109. The number of esters is 4. The molecule has 19 heteroatoms. The van der Waals surface area contributed by atoms with Gasteiger partial charge in [-0.05, 0) is 37.5 Å². The molecule has 6 atom stereocenters. The minimum Gasteiger partial charge on any atom is -0.462 e. The maximum Gasteiger partial charge on any atom is 0.472 e. The summed E-state index contributed by atoms with van der Waals surface area (Å²) >= 11 is 0. The van der Waals surface area contributed by atoms with Crippen molar-refractivity contribution in [1.29, 1.82) is 0 Å². The Morgan fingerprint density at radius 3 is 0.667 bits per heavy atom. The van der Waals surface area contributed by atoms with Gasteiger partial charge in [0.1, 0.15) is 19.3 Å². The van der Waals surface area contributed by atoms with E-state index in [2.05, 4.69) is 41.5 Å². The van der Waals surface area contributed by atoms with Crippen LogP contribution in [0, 0.1) is 11.8 Å². The third-order valence-corrected chi connectivity index (χ3v) is 24.7. The summed E-state index contributed by atoms with van der Waals surface area (Å²) in [7, 11) is -9.94. The van der Waals surface area contributed by atoms with Crippen LogP contribution in [-0.2, 0) is 65.4 Å². The number of phosphoric ester groups is 2. The average Bonchev–Trinajstić information content (AvgIpc) is 0.837. The Bertz CT molecular complexity index is 2170. The van der Waals surface area contributed by atoms with Gasteiger partial charge in [-0.15, -0.1) is 0 Å². The molecule has 678 valence electrons. The van der Waals surface area contributed by atoms with Gasteiger partial charge < -0.3 is 33.8 Å². The van der Waals surface area contributed by atoms with Crippen molar-refractivity contribution in [3.05, 3.63) is 0 Å². The first kappa shape index (κ1) is 112. The number of phosphoric acid groups is 2. The fraction of sp³-hybridized carbons (Fsp3) is 0.958. The predicted octanol–water partition coefficient (Wildman–Crippen LogP) is 29.7. The van der Waals surface area contributed by atoms with E-state index in [1.165, 1.54) is 334 Å². The first-order valence-electron chi connectivity index (χ1n) is 49.0. The third-order valence-electron chi connectivity index (χ3n) is 22.8. The summed E-state index contributed by atoms with van der Waals surface area (Å²) in [5, 5.41) is 10.7. The normalized spacial score (nSPS) is 13.9. The molecule has 114 heavy (non-hydrogen) atoms. The van der Waals surface area contributed by atoms with Gasteiger partial charge in [0.2, 0.25) is 0 Å². The molecule has 0 aliphatic carbocycles. The Kier molecular flexibility index (Phi) is 84.6. The lowest BCUT2D eigenvalue weighted by atomic mass is 9.99. The molecule has 0 saturated heterocycles. The van der Waals surface area contributed by atoms with E-state index >= 15 is 0 Å². The largest absolute Gasteiger partial charge is 0.472 e. The van der Waals surface area contributed by atoms with E-state index in [4.69, 9.17) is 37.0 Å². The molecule has 3 unspecified atom stereocenters. The van der Waals surface area contributed by atoms with E-state index in [-0.39, 0.29) is 25.7 Å². The molecule has 0 aromatic rings. The Morgan fingerprint density at radius 1 is 0.254 bits per heavy atom. The lowest BCUT2D eigenvalue weighted by Gasteiger charge is -2.21. The van der Waals surface area contributed by atoms with Crippen LogP contribution in [0.1, 0.15) is 517 Å². The second-order valence-corrected chi connectivity index (χ2v) is 37.7. The smallest absolute Gasteiger partial charge is 0.462 e. The number of hydrogen-bond acceptors (Lipinski definition) is 15. The lowest BCUT2D eigenvalue weighted by molar-refractivity contribution is -0.161. The van der Waals surface area contributed by atoms with Crippen molar-refractivity contribution >= 4 is 39.5 Å². The molecule has 0 bridgehead atoms. The van der Waals surface area contributed by atoms with Crippen LogP contribution in [-0.4, -0.2) is 96.7 Å². The number of rotatable bonds is 94. The number of hydrogen-bond donors (Lipinski definition) is 3. The van der Waals surface area contributed by atoms with Gasteiger partial charge in [-0.25, -0.2) is 9.13 Å². The third kappa shape index (κ3) is 86.4. The van der Waals surface area contributed by atoms with E-state index in [0.717, 1.165) is 102 Å². The minimum atomic E-state index is -4.97. The Hall–Kier alpha value is -1.94. The van der Waals surface area contributed by atoms with Crippen molar-refractivity contribution in [3.63, 3.8) is 0 Å². The van der Waals surface area contributed by atoms with Gasteiger partial charge in [-0.2, -0.15) is 0 Å². The highest BCUT2D eigenvalue weighted by atomic mass is 31.2. The number of carbonyl (C=O) groups excluding carboxylic acids is 4. The number of aliphatic hydroxyl groups is 1. The standard InChI is InChI=1S/C95H186O17P2/c1-7-10-12-14-16-18-20-22-24-26-28-30-35-39-43-47-53-59-65-71-77-92(97)105-83-90(111-94(99)79-74-68-62-55-49-45-41-37-33-32-34-38-42-46-52-58-64-70-76-88(6)9-3)85-109-113(101,102)107-81-89(96)82-108-114(103,104)110-86-91(84-106-93(98)78-72-66-60-56-50-51-57-63-69-75-87(4)5)112-95(100)80-73-67-61-54-48-44-40-36-31-29-27-25-23-21-19-17-15-13-11-8-2/h87-91,96H,7-86H2,1-6H3,(H,101,102)(H,103,104)/t88?,89-,90-,91-/m1/s1. The van der Waals surface area contributed by atoms with Gasteiger partial charge in [0.25, 0.3) is 0 Å². The number of aliphatic hydroxyl groups excluding tert-OH is 1. The molecule has 0 spiro atoms. The van der Waals surface area contributed by atoms with E-state index in [9.17, 15) is 43.2 Å². The monoisotopic (exact) mass is 1660 g/mol. The molecule has 0 fully saturated rings. The molecule has 17 nitrogen and oxygen atoms in total. The molecule has 0 aliphatic heterocycles. The quantitative estimate of drug-likeness (QED) is 0.0222. The fourth-order valence-electron chi connectivity index (χ4n) is 15.0. The SMILES string of the molecule is CCCCCCCCCCCCCCCCCCCCCCC(=O)OC[C@H](COP(=O)(O)OC[C@@H](O)COP(=O)(O)OC[C@@H](COC(=O)CCCCCCCCCCCC(C)C)OC(=O)CCCCCCCCCCCCCCCCCCCCCC)OC(=O)CCCCCCCCCCCCCCCCCCCCC(C)CC. The van der Waals surface area contributed by atoms with Crippen LogP contribution >= 0.6 is 15.6 Å². The van der Waals surface area contributed by atoms with Crippen molar-refractivity contribution in [2.24, 2.45) is 11.8 Å². The van der Waals surface area contributed by atoms with Crippen molar-refractivity contribution in [2.45, 2.75) is 535 Å². The molecule has 0 rings (SSSR count). The molecule has 0 radical (unpaired) electrons. The van der Waals surface area contributed by atoms with E-state index in [0.29, 0.717) is 25.7 Å². The van der Waals surface area contributed by atoms with E-state index in [1.54, 1.807) is 0 Å². The van der Waals surface area contributed by atoms with Crippen LogP contribution in [0.15, 0.2) is 0 Å². The second kappa shape index (κ2) is 86.0. The van der Waals surface area contributed by atoms with Crippen LogP contribution in [0.25, 0.3) is 0 Å². The maximum atomic E-state index is 13.2. The predicted molar refractivity (Wildman–Crippen MR) is 474 cm³/mol. The van der Waals surface area contributed by atoms with Crippen molar-refractivity contribution < 1.29 is 80.2 Å².